The summed E-state index contributed by atoms with van der Waals surface area (Å²) in [7, 11) is -6.72. The number of rotatable bonds is 3. The summed E-state index contributed by atoms with van der Waals surface area (Å²) in [6, 6.07) is 0. The third-order valence-electron chi connectivity index (χ3n) is 3.73. The van der Waals surface area contributed by atoms with Crippen LogP contribution < -0.4 is 10.0 Å². The fraction of sp³-hybridized carbons (Fsp3) is 1.00. The van der Waals surface area contributed by atoms with Gasteiger partial charge in [-0.3, -0.25) is 0 Å². The molecule has 0 aliphatic carbocycles. The highest BCUT2D eigenvalue weighted by Crippen LogP contribution is 2.23. The summed E-state index contributed by atoms with van der Waals surface area (Å²) in [6.45, 7) is 3.44. The van der Waals surface area contributed by atoms with Crippen molar-refractivity contribution in [2.75, 3.05) is 24.6 Å². The summed E-state index contributed by atoms with van der Waals surface area (Å²) in [5.74, 6) is -0.256. The Kier molecular flexibility index (Phi) is 3.74. The Labute approximate surface area is 108 Å². The Bertz CT molecular complexity index is 506. The molecule has 0 aromatic heterocycles. The van der Waals surface area contributed by atoms with Crippen LogP contribution in [0.2, 0.25) is 0 Å². The quantitative estimate of drug-likeness (QED) is 0.714. The molecule has 0 saturated carbocycles. The van der Waals surface area contributed by atoms with Crippen LogP contribution in [0.25, 0.3) is 0 Å². The van der Waals surface area contributed by atoms with E-state index in [-0.39, 0.29) is 17.9 Å². The van der Waals surface area contributed by atoms with E-state index < -0.39 is 30.6 Å². The second kappa shape index (κ2) is 4.73. The predicted octanol–water partition coefficient (Wildman–Crippen LogP) is -0.765. The minimum absolute atomic E-state index is 0.0170. The van der Waals surface area contributed by atoms with Crippen molar-refractivity contribution in [2.24, 2.45) is 0 Å². The predicted molar refractivity (Wildman–Crippen MR) is 69.6 cm³/mol. The molecule has 2 heterocycles. The number of piperidine rings is 1. The highest BCUT2D eigenvalue weighted by atomic mass is 32.2. The fourth-order valence-electron chi connectivity index (χ4n) is 2.51. The van der Waals surface area contributed by atoms with Crippen molar-refractivity contribution < 1.29 is 16.8 Å². The first-order valence-corrected chi connectivity index (χ1v) is 9.53. The summed E-state index contributed by atoms with van der Waals surface area (Å²) in [5, 5.41) is 2.39. The molecule has 1 atom stereocenters. The largest absolute Gasteiger partial charge is 0.317 e. The van der Waals surface area contributed by atoms with Gasteiger partial charge < -0.3 is 5.32 Å². The van der Waals surface area contributed by atoms with Gasteiger partial charge in [0, 0.05) is 5.54 Å². The maximum atomic E-state index is 12.2. The summed E-state index contributed by atoms with van der Waals surface area (Å²) in [4.78, 5) is 0. The maximum absolute atomic E-state index is 12.2. The Morgan fingerprint density at radius 2 is 1.89 bits per heavy atom. The zero-order valence-corrected chi connectivity index (χ0v) is 12.1. The summed E-state index contributed by atoms with van der Waals surface area (Å²) >= 11 is 0. The highest BCUT2D eigenvalue weighted by molar-refractivity contribution is 7.95. The van der Waals surface area contributed by atoms with Gasteiger partial charge in [-0.15, -0.1) is 0 Å². The lowest BCUT2D eigenvalue weighted by atomic mass is 9.92. The van der Waals surface area contributed by atoms with Gasteiger partial charge in [-0.05, 0) is 39.3 Å². The average Bonchev–Trinajstić information content (AvgIpc) is 2.59. The molecule has 2 aliphatic heterocycles. The van der Waals surface area contributed by atoms with Crippen molar-refractivity contribution in [3.63, 3.8) is 0 Å². The van der Waals surface area contributed by atoms with E-state index in [2.05, 4.69) is 10.0 Å². The van der Waals surface area contributed by atoms with Crippen LogP contribution in [0.3, 0.4) is 0 Å². The highest BCUT2D eigenvalue weighted by Gasteiger charge is 2.40. The molecule has 2 aliphatic rings. The van der Waals surface area contributed by atoms with Gasteiger partial charge in [-0.25, -0.2) is 21.6 Å². The average molecular weight is 296 g/mol. The van der Waals surface area contributed by atoms with Gasteiger partial charge in [0.1, 0.15) is 0 Å². The monoisotopic (exact) mass is 296 g/mol. The molecule has 2 fully saturated rings. The first-order valence-electron chi connectivity index (χ1n) is 6.16. The molecule has 0 radical (unpaired) electrons. The molecule has 0 amide bonds. The van der Waals surface area contributed by atoms with Crippen LogP contribution in [0, 0.1) is 0 Å². The van der Waals surface area contributed by atoms with Crippen LogP contribution in [0.4, 0.5) is 0 Å². The molecular formula is C10H20N2O4S2. The molecule has 2 saturated heterocycles. The molecule has 8 heteroatoms. The van der Waals surface area contributed by atoms with Crippen LogP contribution in [0.15, 0.2) is 0 Å². The molecule has 0 bridgehead atoms. The standard InChI is InChI=1S/C10H20N2O4S2/c1-10(3-5-11-6-4-10)12-18(15,16)9-2-7-17(13,14)8-9/h9,11-12H,2-8H2,1H3. The molecule has 2 rings (SSSR count). The van der Waals surface area contributed by atoms with Crippen molar-refractivity contribution in [3.05, 3.63) is 0 Å². The smallest absolute Gasteiger partial charge is 0.216 e. The minimum atomic E-state index is -3.55. The molecule has 6 nitrogen and oxygen atoms in total. The van der Waals surface area contributed by atoms with Crippen LogP contribution in [0.1, 0.15) is 26.2 Å². The maximum Gasteiger partial charge on any atom is 0.216 e. The van der Waals surface area contributed by atoms with Crippen molar-refractivity contribution in [1.82, 2.24) is 10.0 Å². The van der Waals surface area contributed by atoms with Crippen molar-refractivity contribution >= 4 is 19.9 Å². The first-order chi connectivity index (χ1) is 8.23. The van der Waals surface area contributed by atoms with E-state index in [1.165, 1.54) is 0 Å². The van der Waals surface area contributed by atoms with E-state index in [0.717, 1.165) is 25.9 Å². The van der Waals surface area contributed by atoms with Gasteiger partial charge in [-0.2, -0.15) is 0 Å². The van der Waals surface area contributed by atoms with Crippen LogP contribution in [0.5, 0.6) is 0 Å². The molecular weight excluding hydrogens is 276 g/mol. The molecule has 0 aromatic carbocycles. The van der Waals surface area contributed by atoms with Crippen LogP contribution >= 0.6 is 0 Å². The van der Waals surface area contributed by atoms with Crippen LogP contribution in [-0.2, 0) is 19.9 Å². The molecule has 18 heavy (non-hydrogen) atoms. The lowest BCUT2D eigenvalue weighted by Gasteiger charge is -2.35. The molecule has 2 N–H and O–H groups in total. The van der Waals surface area contributed by atoms with E-state index in [0.29, 0.717) is 0 Å². The van der Waals surface area contributed by atoms with Crippen molar-refractivity contribution in [1.29, 1.82) is 0 Å². The zero-order chi connectivity index (χ0) is 13.4. The normalized spacial score (nSPS) is 31.3. The minimum Gasteiger partial charge on any atom is -0.317 e. The van der Waals surface area contributed by atoms with Gasteiger partial charge in [0.05, 0.1) is 16.8 Å². The fourth-order valence-corrected chi connectivity index (χ4v) is 7.03. The zero-order valence-electron chi connectivity index (χ0n) is 10.5. The third kappa shape index (κ3) is 3.23. The van der Waals surface area contributed by atoms with E-state index in [1.807, 2.05) is 6.92 Å². The number of hydrogen-bond acceptors (Lipinski definition) is 5. The Balaban J connectivity index is 2.08. The first kappa shape index (κ1) is 14.2. The molecule has 1 unspecified atom stereocenters. The van der Waals surface area contributed by atoms with Gasteiger partial charge in [0.25, 0.3) is 0 Å². The van der Waals surface area contributed by atoms with E-state index >= 15 is 0 Å². The number of hydrogen-bond donors (Lipinski definition) is 2. The molecule has 0 spiro atoms. The van der Waals surface area contributed by atoms with E-state index in [4.69, 9.17) is 0 Å². The van der Waals surface area contributed by atoms with E-state index in [9.17, 15) is 16.8 Å². The van der Waals surface area contributed by atoms with Gasteiger partial charge in [0.15, 0.2) is 9.84 Å². The SMILES string of the molecule is CC1(NS(=O)(=O)C2CCS(=O)(=O)C2)CCNCC1. The van der Waals surface area contributed by atoms with E-state index in [1.54, 1.807) is 0 Å². The summed E-state index contributed by atoms with van der Waals surface area (Å²) in [6.07, 6.45) is 1.67. The topological polar surface area (TPSA) is 92.3 Å². The Morgan fingerprint density at radius 3 is 2.39 bits per heavy atom. The van der Waals surface area contributed by atoms with Gasteiger partial charge >= 0.3 is 0 Å². The molecule has 106 valence electrons. The lowest BCUT2D eigenvalue weighted by Crippen LogP contribution is -2.54. The Morgan fingerprint density at radius 1 is 1.28 bits per heavy atom. The number of nitrogens with one attached hydrogen (secondary N) is 2. The number of sulfone groups is 1. The Hall–Kier alpha value is -0.180. The number of sulfonamides is 1. The lowest BCUT2D eigenvalue weighted by molar-refractivity contribution is 0.307. The second-order valence-electron chi connectivity index (χ2n) is 5.48. The third-order valence-corrected chi connectivity index (χ3v) is 7.76. The van der Waals surface area contributed by atoms with Crippen molar-refractivity contribution in [2.45, 2.75) is 37.0 Å². The summed E-state index contributed by atoms with van der Waals surface area (Å²) in [5.41, 5.74) is -0.448. The van der Waals surface area contributed by atoms with Gasteiger partial charge in [0.2, 0.25) is 10.0 Å². The molecule has 0 aromatic rings. The second-order valence-corrected chi connectivity index (χ2v) is 9.67. The summed E-state index contributed by atoms with van der Waals surface area (Å²) < 4.78 is 49.8. The van der Waals surface area contributed by atoms with Crippen LogP contribution in [-0.4, -0.2) is 52.2 Å². The van der Waals surface area contributed by atoms with Crippen molar-refractivity contribution in [3.8, 4) is 0 Å². The van der Waals surface area contributed by atoms with Gasteiger partial charge in [-0.1, -0.05) is 0 Å².